The van der Waals surface area contributed by atoms with Crippen LogP contribution >= 0.6 is 0 Å². The minimum absolute atomic E-state index is 0.600. The number of benzene rings is 6. The molecule has 0 radical (unpaired) electrons. The lowest BCUT2D eigenvalue weighted by atomic mass is 9.95. The van der Waals surface area contributed by atoms with Crippen molar-refractivity contribution in [2.45, 2.75) is 0 Å². The maximum Gasteiger partial charge on any atom is 0.164 e. The molecule has 0 aliphatic rings. The minimum atomic E-state index is 0.600. The van der Waals surface area contributed by atoms with Crippen molar-refractivity contribution in [3.05, 3.63) is 188 Å². The van der Waals surface area contributed by atoms with Crippen LogP contribution in [-0.4, -0.2) is 24.9 Å². The topological polar surface area (TPSA) is 64.5 Å². The van der Waals surface area contributed by atoms with E-state index in [0.717, 1.165) is 72.4 Å². The molecule has 0 atom stereocenters. The van der Waals surface area contributed by atoms with Crippen LogP contribution in [0.3, 0.4) is 0 Å². The van der Waals surface area contributed by atoms with Crippen LogP contribution in [0.4, 0.5) is 0 Å². The molecule has 244 valence electrons. The van der Waals surface area contributed by atoms with Crippen molar-refractivity contribution in [3.63, 3.8) is 0 Å². The zero-order valence-corrected chi connectivity index (χ0v) is 28.1. The molecule has 0 aliphatic carbocycles. The summed E-state index contributed by atoms with van der Waals surface area (Å²) in [5.74, 6) is 1.85. The molecule has 6 aromatic carbocycles. The van der Waals surface area contributed by atoms with E-state index in [1.807, 2.05) is 103 Å². The molecule has 0 saturated carbocycles. The lowest BCUT2D eigenvalue weighted by molar-refractivity contribution is 1.07. The van der Waals surface area contributed by atoms with Crippen molar-refractivity contribution in [2.75, 3.05) is 0 Å². The molecule has 5 nitrogen and oxygen atoms in total. The summed E-state index contributed by atoms with van der Waals surface area (Å²) in [7, 11) is 0. The standard InChI is InChI=1S/C47H31N5/c1-4-13-33(14-5-1)43-21-12-22-44(49-43)34-25-23-32(24-26-34)38-28-39(41-27-37-19-10-11-20-42(37)48-31-41)30-40(29-38)47-51-45(35-15-6-2-7-16-35)50-46(52-47)36-17-8-3-9-18-36/h1-31H. The largest absolute Gasteiger partial charge is 0.256 e. The van der Waals surface area contributed by atoms with Gasteiger partial charge in [-0.15, -0.1) is 0 Å². The summed E-state index contributed by atoms with van der Waals surface area (Å²) in [6, 6.07) is 62.1. The van der Waals surface area contributed by atoms with Gasteiger partial charge in [0, 0.05) is 45.0 Å². The fraction of sp³-hybridized carbons (Fsp3) is 0. The molecule has 0 N–H and O–H groups in total. The first kappa shape index (κ1) is 30.9. The third-order valence-corrected chi connectivity index (χ3v) is 9.15. The van der Waals surface area contributed by atoms with Crippen LogP contribution in [-0.2, 0) is 0 Å². The van der Waals surface area contributed by atoms with Gasteiger partial charge in [-0.1, -0.05) is 140 Å². The highest BCUT2D eigenvalue weighted by Gasteiger charge is 2.15. The molecular weight excluding hydrogens is 635 g/mol. The highest BCUT2D eigenvalue weighted by molar-refractivity contribution is 5.86. The van der Waals surface area contributed by atoms with E-state index < -0.39 is 0 Å². The Morgan fingerprint density at radius 2 is 0.731 bits per heavy atom. The van der Waals surface area contributed by atoms with E-state index in [9.17, 15) is 0 Å². The van der Waals surface area contributed by atoms with Crippen LogP contribution in [0.1, 0.15) is 0 Å². The predicted octanol–water partition coefficient (Wildman–Crippen LogP) is 11.5. The SMILES string of the molecule is c1ccc(-c2cccc(-c3ccc(-c4cc(-c5cnc6ccccc6c5)cc(-c5nc(-c6ccccc6)nc(-c6ccccc6)n5)c4)cc3)n2)cc1. The van der Waals surface area contributed by atoms with Crippen molar-refractivity contribution in [3.8, 4) is 78.9 Å². The Hall–Kier alpha value is -7.11. The van der Waals surface area contributed by atoms with Crippen molar-refractivity contribution in [1.82, 2.24) is 24.9 Å². The van der Waals surface area contributed by atoms with Crippen LogP contribution in [0.25, 0.3) is 89.8 Å². The van der Waals surface area contributed by atoms with Crippen molar-refractivity contribution in [1.29, 1.82) is 0 Å². The normalized spacial score (nSPS) is 11.1. The van der Waals surface area contributed by atoms with Gasteiger partial charge < -0.3 is 0 Å². The Kier molecular flexibility index (Phi) is 8.12. The highest BCUT2D eigenvalue weighted by Crippen LogP contribution is 2.35. The molecule has 0 spiro atoms. The zero-order valence-electron chi connectivity index (χ0n) is 28.1. The molecule has 3 aromatic heterocycles. The van der Waals surface area contributed by atoms with E-state index in [1.165, 1.54) is 0 Å². The molecule has 52 heavy (non-hydrogen) atoms. The number of pyridine rings is 2. The summed E-state index contributed by atoms with van der Waals surface area (Å²) in [4.78, 5) is 24.8. The molecular formula is C47H31N5. The number of fused-ring (bicyclic) bond motifs is 1. The van der Waals surface area contributed by atoms with Crippen LogP contribution < -0.4 is 0 Å². The average Bonchev–Trinajstić information content (AvgIpc) is 3.24. The average molecular weight is 666 g/mol. The van der Waals surface area contributed by atoms with E-state index in [1.54, 1.807) is 0 Å². The number of para-hydroxylation sites is 1. The number of hydrogen-bond donors (Lipinski definition) is 0. The fourth-order valence-corrected chi connectivity index (χ4v) is 6.46. The predicted molar refractivity (Wildman–Crippen MR) is 211 cm³/mol. The lowest BCUT2D eigenvalue weighted by Crippen LogP contribution is -2.00. The number of rotatable bonds is 7. The van der Waals surface area contributed by atoms with Gasteiger partial charge in [0.15, 0.2) is 17.5 Å². The summed E-state index contributed by atoms with van der Waals surface area (Å²) in [5, 5.41) is 1.08. The third-order valence-electron chi connectivity index (χ3n) is 9.15. The van der Waals surface area contributed by atoms with Crippen LogP contribution in [0, 0.1) is 0 Å². The van der Waals surface area contributed by atoms with Crippen LogP contribution in [0.15, 0.2) is 188 Å². The van der Waals surface area contributed by atoms with Crippen molar-refractivity contribution >= 4 is 10.9 Å². The van der Waals surface area contributed by atoms with E-state index in [4.69, 9.17) is 24.9 Å². The Morgan fingerprint density at radius 1 is 0.269 bits per heavy atom. The maximum atomic E-state index is 5.06. The van der Waals surface area contributed by atoms with Gasteiger partial charge in [-0.3, -0.25) is 4.98 Å². The Morgan fingerprint density at radius 3 is 1.35 bits per heavy atom. The summed E-state index contributed by atoms with van der Waals surface area (Å²) in [6.45, 7) is 0. The Labute approximate surface area is 302 Å². The molecule has 0 unspecified atom stereocenters. The number of hydrogen-bond acceptors (Lipinski definition) is 5. The first-order chi connectivity index (χ1) is 25.7. The zero-order chi connectivity index (χ0) is 34.7. The Bertz CT molecular complexity index is 2600. The van der Waals surface area contributed by atoms with Gasteiger partial charge >= 0.3 is 0 Å². The highest BCUT2D eigenvalue weighted by atomic mass is 15.0. The smallest absolute Gasteiger partial charge is 0.164 e. The monoisotopic (exact) mass is 665 g/mol. The van der Waals surface area contributed by atoms with E-state index in [2.05, 4.69) is 84.9 Å². The summed E-state index contributed by atoms with van der Waals surface area (Å²) >= 11 is 0. The molecule has 0 saturated heterocycles. The van der Waals surface area contributed by atoms with Gasteiger partial charge in [-0.25, -0.2) is 19.9 Å². The lowest BCUT2D eigenvalue weighted by Gasteiger charge is -2.13. The van der Waals surface area contributed by atoms with Gasteiger partial charge in [0.2, 0.25) is 0 Å². The second kappa shape index (κ2) is 13.7. The summed E-state index contributed by atoms with van der Waals surface area (Å²) in [5.41, 5.74) is 11.9. The van der Waals surface area contributed by atoms with Crippen molar-refractivity contribution < 1.29 is 0 Å². The third kappa shape index (κ3) is 6.35. The molecule has 0 fully saturated rings. The van der Waals surface area contributed by atoms with E-state index in [-0.39, 0.29) is 0 Å². The molecule has 9 aromatic rings. The molecule has 0 bridgehead atoms. The second-order valence-corrected chi connectivity index (χ2v) is 12.6. The molecule has 0 aliphatic heterocycles. The van der Waals surface area contributed by atoms with Gasteiger partial charge in [0.05, 0.1) is 16.9 Å². The van der Waals surface area contributed by atoms with Gasteiger partial charge in [0.25, 0.3) is 0 Å². The number of aromatic nitrogens is 5. The second-order valence-electron chi connectivity index (χ2n) is 12.6. The maximum absolute atomic E-state index is 5.06. The fourth-order valence-electron chi connectivity index (χ4n) is 6.46. The first-order valence-electron chi connectivity index (χ1n) is 17.2. The van der Waals surface area contributed by atoms with E-state index in [0.29, 0.717) is 17.5 Å². The van der Waals surface area contributed by atoms with Gasteiger partial charge in [-0.05, 0) is 59.2 Å². The van der Waals surface area contributed by atoms with Crippen LogP contribution in [0.5, 0.6) is 0 Å². The Balaban J connectivity index is 1.18. The van der Waals surface area contributed by atoms with Crippen LogP contribution in [0.2, 0.25) is 0 Å². The van der Waals surface area contributed by atoms with Gasteiger partial charge in [0.1, 0.15) is 0 Å². The summed E-state index contributed by atoms with van der Waals surface area (Å²) in [6.07, 6.45) is 1.94. The minimum Gasteiger partial charge on any atom is -0.256 e. The quantitative estimate of drug-likeness (QED) is 0.169. The van der Waals surface area contributed by atoms with E-state index >= 15 is 0 Å². The molecule has 9 rings (SSSR count). The molecule has 3 heterocycles. The molecule has 5 heteroatoms. The summed E-state index contributed by atoms with van der Waals surface area (Å²) < 4.78 is 0. The van der Waals surface area contributed by atoms with Crippen molar-refractivity contribution in [2.24, 2.45) is 0 Å². The first-order valence-corrected chi connectivity index (χ1v) is 17.2. The number of nitrogens with zero attached hydrogens (tertiary/aromatic N) is 5. The van der Waals surface area contributed by atoms with Gasteiger partial charge in [-0.2, -0.15) is 0 Å². The molecule has 0 amide bonds.